The molecule has 174 valence electrons. The summed E-state index contributed by atoms with van der Waals surface area (Å²) in [4.78, 5) is 18.1. The third-order valence-electron chi connectivity index (χ3n) is 8.51. The lowest BCUT2D eigenvalue weighted by atomic mass is 9.79. The smallest absolute Gasteiger partial charge is 0.340 e. The van der Waals surface area contributed by atoms with E-state index in [1.54, 1.807) is 0 Å². The normalized spacial score (nSPS) is 20.2. The molecule has 0 aromatic heterocycles. The third-order valence-corrected chi connectivity index (χ3v) is 12.4. The van der Waals surface area contributed by atoms with Gasteiger partial charge in [-0.05, 0) is 53.5 Å². The first-order chi connectivity index (χ1) is 17.1. The van der Waals surface area contributed by atoms with Gasteiger partial charge < -0.3 is 14.5 Å². The highest BCUT2D eigenvalue weighted by atomic mass is 28.3. The summed E-state index contributed by atoms with van der Waals surface area (Å²) in [5.74, 6) is -0.262. The average molecular weight is 477 g/mol. The van der Waals surface area contributed by atoms with E-state index in [-0.39, 0.29) is 5.97 Å². The van der Waals surface area contributed by atoms with Gasteiger partial charge in [0.2, 0.25) is 0 Å². The summed E-state index contributed by atoms with van der Waals surface area (Å²) in [5, 5.41) is 2.45. The molecule has 2 fully saturated rings. The zero-order valence-electron chi connectivity index (χ0n) is 19.8. The summed E-state index contributed by atoms with van der Waals surface area (Å²) in [5.41, 5.74) is 9.47. The van der Waals surface area contributed by atoms with Crippen molar-refractivity contribution in [2.24, 2.45) is 0 Å². The molecule has 0 bridgehead atoms. The van der Waals surface area contributed by atoms with Gasteiger partial charge >= 0.3 is 5.97 Å². The number of hydrogen-bond acceptors (Lipinski definition) is 4. The van der Waals surface area contributed by atoms with Crippen LogP contribution in [-0.4, -0.2) is 40.2 Å². The van der Waals surface area contributed by atoms with E-state index < -0.39 is 13.7 Å². The Kier molecular flexibility index (Phi) is 4.28. The van der Waals surface area contributed by atoms with Gasteiger partial charge in [-0.1, -0.05) is 41.7 Å². The summed E-state index contributed by atoms with van der Waals surface area (Å²) in [6.45, 7) is 13.1. The predicted molar refractivity (Wildman–Crippen MR) is 144 cm³/mol. The maximum absolute atomic E-state index is 13.3. The van der Waals surface area contributed by atoms with Crippen LogP contribution in [0.3, 0.4) is 0 Å². The highest BCUT2D eigenvalue weighted by Gasteiger charge is 2.57. The quantitative estimate of drug-likeness (QED) is 0.423. The SMILES string of the molecule is C=C[Si]1(C=C)c2cc(N3CCC3)ccc2C2(OC(=O)c3ccccc32)c2ccc(N3CCC3)cc21. The average Bonchev–Trinajstić information content (AvgIpc) is 3.11. The number of anilines is 2. The van der Waals surface area contributed by atoms with E-state index in [2.05, 4.69) is 76.8 Å². The van der Waals surface area contributed by atoms with Gasteiger partial charge in [0.15, 0.2) is 13.7 Å². The van der Waals surface area contributed by atoms with Crippen molar-refractivity contribution in [2.45, 2.75) is 18.4 Å². The van der Waals surface area contributed by atoms with Crippen LogP contribution in [0.2, 0.25) is 0 Å². The van der Waals surface area contributed by atoms with Crippen LogP contribution in [0.25, 0.3) is 0 Å². The molecule has 4 nitrogen and oxygen atoms in total. The van der Waals surface area contributed by atoms with Crippen molar-refractivity contribution in [1.82, 2.24) is 0 Å². The van der Waals surface area contributed by atoms with Gasteiger partial charge in [-0.2, -0.15) is 0 Å². The molecule has 4 heterocycles. The van der Waals surface area contributed by atoms with Gasteiger partial charge in [-0.3, -0.25) is 0 Å². The Balaban J connectivity index is 1.58. The molecule has 0 atom stereocenters. The summed E-state index contributed by atoms with van der Waals surface area (Å²) in [7, 11) is -2.56. The largest absolute Gasteiger partial charge is 0.441 e. The molecule has 0 radical (unpaired) electrons. The van der Waals surface area contributed by atoms with Gasteiger partial charge in [-0.25, -0.2) is 4.79 Å². The predicted octanol–water partition coefficient (Wildman–Crippen LogP) is 3.90. The first-order valence-corrected chi connectivity index (χ1v) is 14.7. The van der Waals surface area contributed by atoms with E-state index >= 15 is 0 Å². The van der Waals surface area contributed by atoms with E-state index in [4.69, 9.17) is 4.74 Å². The van der Waals surface area contributed by atoms with Crippen molar-refractivity contribution in [2.75, 3.05) is 36.0 Å². The Bertz CT molecular complexity index is 1340. The molecule has 0 unspecified atom stereocenters. The minimum Gasteiger partial charge on any atom is -0.441 e. The number of benzene rings is 3. The lowest BCUT2D eigenvalue weighted by Gasteiger charge is -2.46. The third kappa shape index (κ3) is 2.54. The van der Waals surface area contributed by atoms with E-state index in [1.807, 2.05) is 18.2 Å². The van der Waals surface area contributed by atoms with Crippen LogP contribution in [0, 0.1) is 0 Å². The molecular weight excluding hydrogens is 448 g/mol. The van der Waals surface area contributed by atoms with Gasteiger partial charge in [0, 0.05) is 54.2 Å². The van der Waals surface area contributed by atoms with Crippen molar-refractivity contribution < 1.29 is 9.53 Å². The Hall–Kier alpha value is -3.57. The number of fused-ring (bicyclic) bond motifs is 6. The van der Waals surface area contributed by atoms with Crippen molar-refractivity contribution in [3.05, 3.63) is 107 Å². The number of hydrogen-bond donors (Lipinski definition) is 0. The first kappa shape index (κ1) is 20.8. The zero-order valence-corrected chi connectivity index (χ0v) is 20.8. The molecule has 5 heteroatoms. The first-order valence-electron chi connectivity index (χ1n) is 12.5. The van der Waals surface area contributed by atoms with Gasteiger partial charge in [-0.15, -0.1) is 13.2 Å². The number of esters is 1. The van der Waals surface area contributed by atoms with Crippen molar-refractivity contribution in [3.8, 4) is 0 Å². The summed E-state index contributed by atoms with van der Waals surface area (Å²) in [6.07, 6.45) is 2.44. The molecule has 1 spiro atoms. The van der Waals surface area contributed by atoms with Crippen LogP contribution in [-0.2, 0) is 10.3 Å². The van der Waals surface area contributed by atoms with Crippen LogP contribution in [0.15, 0.2) is 85.2 Å². The van der Waals surface area contributed by atoms with Crippen molar-refractivity contribution in [3.63, 3.8) is 0 Å². The maximum atomic E-state index is 13.3. The molecule has 0 aliphatic carbocycles. The Labute approximate surface area is 207 Å². The summed E-state index contributed by atoms with van der Waals surface area (Å²) >= 11 is 0. The highest BCUT2D eigenvalue weighted by Crippen LogP contribution is 2.49. The highest BCUT2D eigenvalue weighted by molar-refractivity contribution is 7.10. The van der Waals surface area contributed by atoms with Crippen LogP contribution >= 0.6 is 0 Å². The fourth-order valence-electron chi connectivity index (χ4n) is 6.34. The summed E-state index contributed by atoms with van der Waals surface area (Å²) < 4.78 is 6.46. The van der Waals surface area contributed by atoms with Gasteiger partial charge in [0.25, 0.3) is 0 Å². The molecule has 0 saturated carbocycles. The second-order valence-corrected chi connectivity index (χ2v) is 13.7. The van der Waals surface area contributed by atoms with Crippen LogP contribution < -0.4 is 20.2 Å². The lowest BCUT2D eigenvalue weighted by Crippen LogP contribution is -2.65. The molecule has 3 aromatic carbocycles. The second-order valence-electron chi connectivity index (χ2n) is 10.0. The minimum absolute atomic E-state index is 0.262. The molecule has 0 amide bonds. The lowest BCUT2D eigenvalue weighted by molar-refractivity contribution is 0.0255. The molecule has 35 heavy (non-hydrogen) atoms. The monoisotopic (exact) mass is 476 g/mol. The fraction of sp³-hybridized carbons (Fsp3) is 0.233. The molecule has 3 aromatic rings. The number of nitrogens with zero attached hydrogens (tertiary/aromatic N) is 2. The van der Waals surface area contributed by atoms with E-state index in [1.165, 1.54) is 34.6 Å². The van der Waals surface area contributed by atoms with E-state index in [9.17, 15) is 4.79 Å². The second kappa shape index (κ2) is 7.22. The molecular formula is C30H28N2O2Si. The number of ether oxygens (including phenoxy) is 1. The van der Waals surface area contributed by atoms with Gasteiger partial charge in [0.1, 0.15) is 0 Å². The summed E-state index contributed by atoms with van der Waals surface area (Å²) in [6, 6.07) is 21.3. The Morgan fingerprint density at radius 1 is 0.771 bits per heavy atom. The Morgan fingerprint density at radius 3 is 1.80 bits per heavy atom. The van der Waals surface area contributed by atoms with E-state index in [0.29, 0.717) is 5.56 Å². The molecule has 2 saturated heterocycles. The van der Waals surface area contributed by atoms with Crippen LogP contribution in [0.1, 0.15) is 39.9 Å². The fourth-order valence-corrected chi connectivity index (χ4v) is 9.86. The molecule has 0 N–H and O–H groups in total. The Morgan fingerprint density at radius 2 is 1.31 bits per heavy atom. The molecule has 4 aliphatic rings. The standard InChI is InChI=1S/C30H28N2O2Si/c1-3-35(4-2)27-19-21(31-15-7-16-31)11-13-25(27)30(24-10-6-5-9-23(24)29(33)34-30)26-14-12-22(20-28(26)35)32-17-8-18-32/h3-6,9-14,19-20H,1-2,7-8,15-18H2. The maximum Gasteiger partial charge on any atom is 0.340 e. The van der Waals surface area contributed by atoms with Crippen molar-refractivity contribution in [1.29, 1.82) is 0 Å². The molecule has 7 rings (SSSR count). The topological polar surface area (TPSA) is 32.8 Å². The number of rotatable bonds is 4. The van der Waals surface area contributed by atoms with Crippen LogP contribution in [0.5, 0.6) is 0 Å². The van der Waals surface area contributed by atoms with Crippen molar-refractivity contribution >= 4 is 35.8 Å². The molecule has 4 aliphatic heterocycles. The number of carbonyl (C=O) groups is 1. The van der Waals surface area contributed by atoms with E-state index in [0.717, 1.165) is 42.9 Å². The van der Waals surface area contributed by atoms with Crippen LogP contribution in [0.4, 0.5) is 11.4 Å². The zero-order chi connectivity index (χ0) is 23.8. The number of carbonyl (C=O) groups excluding carboxylic acids is 1. The minimum atomic E-state index is -2.56. The van der Waals surface area contributed by atoms with Gasteiger partial charge in [0.05, 0.1) is 5.56 Å².